The van der Waals surface area contributed by atoms with Crippen molar-refractivity contribution in [2.24, 2.45) is 11.7 Å². The first-order chi connectivity index (χ1) is 19.4. The number of carbonyl (C=O) groups is 2. The number of aliphatic hydroxyl groups is 1. The first kappa shape index (κ1) is 29.1. The van der Waals surface area contributed by atoms with E-state index in [0.29, 0.717) is 55.1 Å². The van der Waals surface area contributed by atoms with E-state index >= 15 is 0 Å². The van der Waals surface area contributed by atoms with E-state index in [1.54, 1.807) is 0 Å². The number of likely N-dealkylation sites (tertiary alicyclic amines) is 1. The van der Waals surface area contributed by atoms with Crippen LogP contribution in [0.2, 0.25) is 0 Å². The summed E-state index contributed by atoms with van der Waals surface area (Å²) < 4.78 is 11.6. The number of hydrogen-bond donors (Lipinski definition) is 3. The lowest BCUT2D eigenvalue weighted by molar-refractivity contribution is -0.0603. The summed E-state index contributed by atoms with van der Waals surface area (Å²) in [6.45, 7) is 3.56. The molecule has 0 bridgehead atoms. The predicted molar refractivity (Wildman–Crippen MR) is 154 cm³/mol. The second-order valence-electron chi connectivity index (χ2n) is 10.3. The molecule has 3 aromatic rings. The number of alkyl carbamates (subject to hydrolysis) is 1. The summed E-state index contributed by atoms with van der Waals surface area (Å²) >= 11 is 0. The number of ether oxygens (including phenoxy) is 2. The van der Waals surface area contributed by atoms with Crippen LogP contribution in [0.4, 0.5) is 4.79 Å². The van der Waals surface area contributed by atoms with Gasteiger partial charge in [-0.25, -0.2) is 4.79 Å². The Kier molecular flexibility index (Phi) is 9.79. The summed E-state index contributed by atoms with van der Waals surface area (Å²) in [4.78, 5) is 26.9. The van der Waals surface area contributed by atoms with E-state index in [9.17, 15) is 14.7 Å². The molecule has 2 amide bonds. The molecule has 8 heteroatoms. The summed E-state index contributed by atoms with van der Waals surface area (Å²) in [5, 5.41) is 15.0. The topological polar surface area (TPSA) is 114 Å². The Morgan fingerprint density at radius 3 is 2.45 bits per heavy atom. The van der Waals surface area contributed by atoms with Crippen LogP contribution in [0.15, 0.2) is 72.8 Å². The molecule has 40 heavy (non-hydrogen) atoms. The third-order valence-corrected chi connectivity index (χ3v) is 7.63. The summed E-state index contributed by atoms with van der Waals surface area (Å²) in [5.74, 6) is 0.951. The van der Waals surface area contributed by atoms with Gasteiger partial charge in [-0.15, -0.1) is 0 Å². The molecule has 1 fully saturated rings. The Hall–Kier alpha value is -3.88. The number of nitrogens with two attached hydrogens (primary N) is 1. The zero-order valence-corrected chi connectivity index (χ0v) is 23.3. The van der Waals surface area contributed by atoms with E-state index in [2.05, 4.69) is 5.32 Å². The first-order valence-corrected chi connectivity index (χ1v) is 13.8. The molecule has 1 aliphatic heterocycles. The van der Waals surface area contributed by atoms with Crippen LogP contribution in [0, 0.1) is 12.8 Å². The molecule has 3 aromatic carbocycles. The number of hydrogen-bond acceptors (Lipinski definition) is 6. The van der Waals surface area contributed by atoms with Gasteiger partial charge < -0.3 is 30.5 Å². The van der Waals surface area contributed by atoms with Gasteiger partial charge in [0.2, 0.25) is 0 Å². The number of para-hydroxylation sites is 2. The van der Waals surface area contributed by atoms with Crippen molar-refractivity contribution in [3.8, 4) is 11.5 Å². The highest BCUT2D eigenvalue weighted by atomic mass is 16.5. The van der Waals surface area contributed by atoms with E-state index in [1.807, 2.05) is 84.6 Å². The van der Waals surface area contributed by atoms with Gasteiger partial charge in [0.1, 0.15) is 11.5 Å². The molecule has 1 saturated heterocycles. The van der Waals surface area contributed by atoms with Crippen LogP contribution in [0.3, 0.4) is 0 Å². The zero-order valence-electron chi connectivity index (χ0n) is 23.3. The lowest BCUT2D eigenvalue weighted by atomic mass is 9.74. The minimum atomic E-state index is -1.33. The number of nitrogens with zero attached hydrogens (tertiary/aromatic N) is 1. The molecule has 8 nitrogen and oxygen atoms in total. The average Bonchev–Trinajstić information content (AvgIpc) is 3.00. The Labute approximate surface area is 236 Å². The fourth-order valence-corrected chi connectivity index (χ4v) is 5.36. The smallest absolute Gasteiger partial charge is 0.406 e. The SMILES string of the molecule is CNC(=O)OCCC[C@@](O)(c1ccccc1Oc1ccccc1C)[C@@H]1CCCN(C(=O)c2ccc(CN)cc2)C1. The maximum atomic E-state index is 13.4. The molecule has 1 aliphatic rings. The van der Waals surface area contributed by atoms with Gasteiger partial charge in [-0.3, -0.25) is 4.79 Å². The van der Waals surface area contributed by atoms with Crippen molar-refractivity contribution in [2.45, 2.75) is 44.8 Å². The minimum absolute atomic E-state index is 0.0667. The number of rotatable bonds is 10. The van der Waals surface area contributed by atoms with Crippen molar-refractivity contribution in [2.75, 3.05) is 26.7 Å². The van der Waals surface area contributed by atoms with Crippen LogP contribution in [-0.2, 0) is 16.9 Å². The number of benzene rings is 3. The first-order valence-electron chi connectivity index (χ1n) is 13.8. The Morgan fingerprint density at radius 1 is 1.05 bits per heavy atom. The van der Waals surface area contributed by atoms with Crippen molar-refractivity contribution >= 4 is 12.0 Å². The van der Waals surface area contributed by atoms with Gasteiger partial charge in [-0.05, 0) is 68.0 Å². The molecule has 0 aliphatic carbocycles. The largest absolute Gasteiger partial charge is 0.457 e. The normalized spacial score (nSPS) is 16.6. The van der Waals surface area contributed by atoms with Crippen molar-refractivity contribution < 1.29 is 24.2 Å². The van der Waals surface area contributed by atoms with Gasteiger partial charge >= 0.3 is 6.09 Å². The molecule has 0 spiro atoms. The van der Waals surface area contributed by atoms with Crippen LogP contribution in [0.5, 0.6) is 11.5 Å². The lowest BCUT2D eigenvalue weighted by Gasteiger charge is -2.43. The van der Waals surface area contributed by atoms with Crippen molar-refractivity contribution in [1.82, 2.24) is 10.2 Å². The number of piperidine rings is 1. The highest BCUT2D eigenvalue weighted by molar-refractivity contribution is 5.94. The van der Waals surface area contributed by atoms with Crippen LogP contribution < -0.4 is 15.8 Å². The summed E-state index contributed by atoms with van der Waals surface area (Å²) in [5.41, 5.74) is 7.60. The number of nitrogens with one attached hydrogen (secondary N) is 1. The third-order valence-electron chi connectivity index (χ3n) is 7.63. The van der Waals surface area contributed by atoms with Crippen molar-refractivity contribution in [1.29, 1.82) is 0 Å². The molecular formula is C32H39N3O5. The summed E-state index contributed by atoms with van der Waals surface area (Å²) in [6.07, 6.45) is 1.75. The predicted octanol–water partition coefficient (Wildman–Crippen LogP) is 5.12. The molecular weight excluding hydrogens is 506 g/mol. The number of aryl methyl sites for hydroxylation is 1. The Balaban J connectivity index is 1.63. The molecule has 4 N–H and O–H groups in total. The quantitative estimate of drug-likeness (QED) is 0.305. The van der Waals surface area contributed by atoms with Crippen LogP contribution >= 0.6 is 0 Å². The fraction of sp³-hybridized carbons (Fsp3) is 0.375. The Morgan fingerprint density at radius 2 is 1.75 bits per heavy atom. The maximum Gasteiger partial charge on any atom is 0.406 e. The molecule has 0 aromatic heterocycles. The number of amides is 2. The van der Waals surface area contributed by atoms with E-state index in [-0.39, 0.29) is 18.4 Å². The van der Waals surface area contributed by atoms with Crippen LogP contribution in [-0.4, -0.2) is 48.8 Å². The Bertz CT molecular complexity index is 1300. The van der Waals surface area contributed by atoms with Crippen LogP contribution in [0.1, 0.15) is 52.7 Å². The highest BCUT2D eigenvalue weighted by Crippen LogP contribution is 2.44. The van der Waals surface area contributed by atoms with Crippen LogP contribution in [0.25, 0.3) is 0 Å². The average molecular weight is 546 g/mol. The highest BCUT2D eigenvalue weighted by Gasteiger charge is 2.43. The number of carbonyl (C=O) groups excluding carboxylic acids is 2. The van der Waals surface area contributed by atoms with E-state index in [4.69, 9.17) is 15.2 Å². The molecule has 0 saturated carbocycles. The monoisotopic (exact) mass is 545 g/mol. The van der Waals surface area contributed by atoms with Crippen molar-refractivity contribution in [3.63, 3.8) is 0 Å². The minimum Gasteiger partial charge on any atom is -0.457 e. The van der Waals surface area contributed by atoms with E-state index in [1.165, 1.54) is 7.05 Å². The molecule has 0 unspecified atom stereocenters. The fourth-order valence-electron chi connectivity index (χ4n) is 5.36. The van der Waals surface area contributed by atoms with E-state index < -0.39 is 11.7 Å². The second-order valence-corrected chi connectivity index (χ2v) is 10.3. The summed E-state index contributed by atoms with van der Waals surface area (Å²) in [7, 11) is 1.51. The zero-order chi connectivity index (χ0) is 28.5. The van der Waals surface area contributed by atoms with E-state index in [0.717, 1.165) is 24.0 Å². The molecule has 1 heterocycles. The molecule has 0 radical (unpaired) electrons. The lowest BCUT2D eigenvalue weighted by Crippen LogP contribution is -2.48. The van der Waals surface area contributed by atoms with Gasteiger partial charge in [0.25, 0.3) is 5.91 Å². The van der Waals surface area contributed by atoms with Gasteiger partial charge in [-0.2, -0.15) is 0 Å². The molecule has 4 rings (SSSR count). The third kappa shape index (κ3) is 6.81. The molecule has 2 atom stereocenters. The van der Waals surface area contributed by atoms with Gasteiger partial charge in [0.15, 0.2) is 0 Å². The van der Waals surface area contributed by atoms with Crippen molar-refractivity contribution in [3.05, 3.63) is 95.1 Å². The summed E-state index contributed by atoms with van der Waals surface area (Å²) in [6, 6.07) is 22.6. The van der Waals surface area contributed by atoms with Gasteiger partial charge in [-0.1, -0.05) is 48.5 Å². The standard InChI is InChI=1S/C32H39N3O5/c1-23-9-3-5-12-28(23)40-29-13-6-4-11-27(29)32(38,18-8-20-39-31(37)34-2)26-10-7-19-35(22-26)30(36)25-16-14-24(21-33)15-17-25/h3-6,9,11-17,26,38H,7-8,10,18-22,33H2,1-2H3,(H,34,37)/t26-,32+/m1/s1. The second kappa shape index (κ2) is 13.5. The van der Waals surface area contributed by atoms with Gasteiger partial charge in [0.05, 0.1) is 12.2 Å². The van der Waals surface area contributed by atoms with Gasteiger partial charge in [0, 0.05) is 43.7 Å². The maximum absolute atomic E-state index is 13.4. The molecule has 212 valence electrons.